The van der Waals surface area contributed by atoms with Gasteiger partial charge in [-0.15, -0.1) is 0 Å². The van der Waals surface area contributed by atoms with Crippen LogP contribution in [0.3, 0.4) is 0 Å². The van der Waals surface area contributed by atoms with E-state index >= 15 is 0 Å². The molecular formula is C17H23ClN4O. The Morgan fingerprint density at radius 2 is 2.00 bits per heavy atom. The third-order valence-corrected chi connectivity index (χ3v) is 3.77. The average Bonchev–Trinajstić information content (AvgIpc) is 2.92. The zero-order valence-electron chi connectivity index (χ0n) is 13.8. The fourth-order valence-corrected chi connectivity index (χ4v) is 2.46. The maximum absolute atomic E-state index is 12.4. The number of carbonyl (C=O) groups excluding carboxylic acids is 1. The van der Waals surface area contributed by atoms with Crippen LogP contribution in [-0.2, 0) is 6.42 Å². The molecule has 0 radical (unpaired) electrons. The largest absolute Gasteiger partial charge is 0.351 e. The molecule has 2 rings (SSSR count). The van der Waals surface area contributed by atoms with E-state index in [0.29, 0.717) is 17.1 Å². The van der Waals surface area contributed by atoms with Crippen molar-refractivity contribution >= 4 is 17.5 Å². The second-order valence-corrected chi connectivity index (χ2v) is 6.14. The van der Waals surface area contributed by atoms with E-state index in [9.17, 15) is 4.79 Å². The molecule has 0 saturated heterocycles. The number of carbonyl (C=O) groups is 1. The van der Waals surface area contributed by atoms with Crippen molar-refractivity contribution < 1.29 is 4.79 Å². The van der Waals surface area contributed by atoms with Crippen LogP contribution < -0.4 is 5.32 Å². The quantitative estimate of drug-likeness (QED) is 0.847. The van der Waals surface area contributed by atoms with Gasteiger partial charge in [0.2, 0.25) is 0 Å². The lowest BCUT2D eigenvalue weighted by Gasteiger charge is -2.11. The van der Waals surface area contributed by atoms with Gasteiger partial charge >= 0.3 is 0 Å². The fraction of sp³-hybridized carbons (Fsp3) is 0.412. The van der Waals surface area contributed by atoms with Crippen molar-refractivity contribution in [3.8, 4) is 5.69 Å². The maximum Gasteiger partial charge on any atom is 0.254 e. The maximum atomic E-state index is 12.4. The summed E-state index contributed by atoms with van der Waals surface area (Å²) >= 11 is 5.94. The summed E-state index contributed by atoms with van der Waals surface area (Å²) in [6.45, 7) is 3.51. The number of halogens is 1. The molecule has 0 unspecified atom stereocenters. The predicted octanol–water partition coefficient (Wildman–Crippen LogP) is 2.77. The zero-order valence-corrected chi connectivity index (χ0v) is 14.6. The topological polar surface area (TPSA) is 50.2 Å². The summed E-state index contributed by atoms with van der Waals surface area (Å²) in [6, 6.07) is 7.46. The Kier molecular flexibility index (Phi) is 6.19. The van der Waals surface area contributed by atoms with Gasteiger partial charge in [0.15, 0.2) is 0 Å². The van der Waals surface area contributed by atoms with E-state index in [1.54, 1.807) is 6.20 Å². The highest BCUT2D eigenvalue weighted by atomic mass is 35.5. The first-order chi connectivity index (χ1) is 11.0. The predicted molar refractivity (Wildman–Crippen MR) is 93.5 cm³/mol. The van der Waals surface area contributed by atoms with E-state index in [1.807, 2.05) is 47.9 Å². The first kappa shape index (κ1) is 17.5. The van der Waals surface area contributed by atoms with Crippen molar-refractivity contribution in [2.75, 3.05) is 27.2 Å². The molecular weight excluding hydrogens is 312 g/mol. The van der Waals surface area contributed by atoms with Crippen molar-refractivity contribution in [2.24, 2.45) is 0 Å². The number of nitrogens with one attached hydrogen (secondary N) is 1. The molecule has 1 amide bonds. The van der Waals surface area contributed by atoms with Gasteiger partial charge < -0.3 is 10.2 Å². The molecule has 1 heterocycles. The van der Waals surface area contributed by atoms with Crippen molar-refractivity contribution in [1.29, 1.82) is 0 Å². The highest BCUT2D eigenvalue weighted by molar-refractivity contribution is 6.30. The summed E-state index contributed by atoms with van der Waals surface area (Å²) in [7, 11) is 3.96. The Balaban J connectivity index is 2.23. The fourth-order valence-electron chi connectivity index (χ4n) is 2.33. The number of nitrogens with zero attached hydrogens (tertiary/aromatic N) is 3. The minimum atomic E-state index is -0.0736. The third kappa shape index (κ3) is 4.56. The van der Waals surface area contributed by atoms with Crippen LogP contribution in [0.25, 0.3) is 5.69 Å². The van der Waals surface area contributed by atoms with Crippen LogP contribution in [0.5, 0.6) is 0 Å². The standard InChI is InChI=1S/C17H23ClN4O/c1-4-5-16-15(17(23)19-10-11-21(2)3)12-20-22(16)14-8-6-13(18)7-9-14/h6-9,12H,4-5,10-11H2,1-3H3,(H,19,23). The van der Waals surface area contributed by atoms with Gasteiger partial charge in [-0.25, -0.2) is 4.68 Å². The van der Waals surface area contributed by atoms with Gasteiger partial charge in [0.1, 0.15) is 0 Å². The molecule has 1 aromatic heterocycles. The van der Waals surface area contributed by atoms with E-state index in [1.165, 1.54) is 0 Å². The molecule has 0 spiro atoms. The molecule has 0 aliphatic rings. The molecule has 1 aromatic carbocycles. The first-order valence-corrected chi connectivity index (χ1v) is 8.16. The second kappa shape index (κ2) is 8.13. The molecule has 0 fully saturated rings. The van der Waals surface area contributed by atoms with Crippen LogP contribution in [0.1, 0.15) is 29.4 Å². The molecule has 0 aliphatic carbocycles. The molecule has 0 bridgehead atoms. The Bertz CT molecular complexity index is 649. The Morgan fingerprint density at radius 1 is 1.30 bits per heavy atom. The van der Waals surface area contributed by atoms with Gasteiger partial charge in [-0.1, -0.05) is 24.9 Å². The number of hydrogen-bond acceptors (Lipinski definition) is 3. The molecule has 124 valence electrons. The number of aromatic nitrogens is 2. The molecule has 6 heteroatoms. The zero-order chi connectivity index (χ0) is 16.8. The van der Waals surface area contributed by atoms with Gasteiger partial charge in [-0.3, -0.25) is 4.79 Å². The Morgan fingerprint density at radius 3 is 2.61 bits per heavy atom. The molecule has 2 aromatic rings. The molecule has 1 N–H and O–H groups in total. The Hall–Kier alpha value is -1.85. The highest BCUT2D eigenvalue weighted by Crippen LogP contribution is 2.19. The third-order valence-electron chi connectivity index (χ3n) is 3.52. The van der Waals surface area contributed by atoms with Crippen molar-refractivity contribution in [3.05, 3.63) is 46.7 Å². The summed E-state index contributed by atoms with van der Waals surface area (Å²) in [6.07, 6.45) is 3.38. The summed E-state index contributed by atoms with van der Waals surface area (Å²) < 4.78 is 1.82. The molecule has 23 heavy (non-hydrogen) atoms. The summed E-state index contributed by atoms with van der Waals surface area (Å²) in [5, 5.41) is 8.03. The van der Waals surface area contributed by atoms with Crippen LogP contribution in [0.2, 0.25) is 5.02 Å². The second-order valence-electron chi connectivity index (χ2n) is 5.70. The van der Waals surface area contributed by atoms with Gasteiger partial charge in [-0.2, -0.15) is 5.10 Å². The van der Waals surface area contributed by atoms with Crippen LogP contribution in [0.4, 0.5) is 0 Å². The van der Waals surface area contributed by atoms with E-state index < -0.39 is 0 Å². The summed E-state index contributed by atoms with van der Waals surface area (Å²) in [5.74, 6) is -0.0736. The minimum Gasteiger partial charge on any atom is -0.351 e. The van der Waals surface area contributed by atoms with Gasteiger partial charge in [0, 0.05) is 18.1 Å². The number of rotatable bonds is 7. The van der Waals surface area contributed by atoms with Gasteiger partial charge in [0.25, 0.3) is 5.91 Å². The highest BCUT2D eigenvalue weighted by Gasteiger charge is 2.17. The van der Waals surface area contributed by atoms with E-state index in [0.717, 1.165) is 30.8 Å². The van der Waals surface area contributed by atoms with E-state index in [-0.39, 0.29) is 5.91 Å². The van der Waals surface area contributed by atoms with Crippen molar-refractivity contribution in [2.45, 2.75) is 19.8 Å². The number of benzene rings is 1. The van der Waals surface area contributed by atoms with Gasteiger partial charge in [-0.05, 0) is 44.8 Å². The monoisotopic (exact) mass is 334 g/mol. The van der Waals surface area contributed by atoms with Crippen LogP contribution in [0, 0.1) is 0 Å². The summed E-state index contributed by atoms with van der Waals surface area (Å²) in [5.41, 5.74) is 2.47. The average molecular weight is 335 g/mol. The van der Waals surface area contributed by atoms with E-state index in [2.05, 4.69) is 17.3 Å². The Labute approximate surface area is 142 Å². The summed E-state index contributed by atoms with van der Waals surface area (Å²) in [4.78, 5) is 14.4. The number of hydrogen-bond donors (Lipinski definition) is 1. The molecule has 0 atom stereocenters. The lowest BCUT2D eigenvalue weighted by Crippen LogP contribution is -2.31. The number of likely N-dealkylation sites (N-methyl/N-ethyl adjacent to an activating group) is 1. The molecule has 0 saturated carbocycles. The van der Waals surface area contributed by atoms with E-state index in [4.69, 9.17) is 11.6 Å². The van der Waals surface area contributed by atoms with Crippen molar-refractivity contribution in [1.82, 2.24) is 20.0 Å². The smallest absolute Gasteiger partial charge is 0.254 e. The lowest BCUT2D eigenvalue weighted by atomic mass is 10.1. The lowest BCUT2D eigenvalue weighted by molar-refractivity contribution is 0.0950. The van der Waals surface area contributed by atoms with Crippen LogP contribution in [0.15, 0.2) is 30.5 Å². The van der Waals surface area contributed by atoms with Gasteiger partial charge in [0.05, 0.1) is 23.1 Å². The normalized spacial score (nSPS) is 11.0. The van der Waals surface area contributed by atoms with Crippen LogP contribution >= 0.6 is 11.6 Å². The van der Waals surface area contributed by atoms with Crippen molar-refractivity contribution in [3.63, 3.8) is 0 Å². The molecule has 5 nitrogen and oxygen atoms in total. The minimum absolute atomic E-state index is 0.0736. The SMILES string of the molecule is CCCc1c(C(=O)NCCN(C)C)cnn1-c1ccc(Cl)cc1. The number of amides is 1. The first-order valence-electron chi connectivity index (χ1n) is 7.78. The van der Waals surface area contributed by atoms with Crippen LogP contribution in [-0.4, -0.2) is 47.8 Å². The molecule has 0 aliphatic heterocycles.